The maximum atomic E-state index is 14.6. The van der Waals surface area contributed by atoms with Crippen molar-refractivity contribution >= 4 is 34.3 Å². The molecule has 0 bridgehead atoms. The molecule has 3 N–H and O–H groups in total. The predicted octanol–water partition coefficient (Wildman–Crippen LogP) is 5.91. The number of carbonyl (C=O) groups excluding carboxylic acids is 2. The van der Waals surface area contributed by atoms with Gasteiger partial charge in [0.2, 0.25) is 5.91 Å². The van der Waals surface area contributed by atoms with Gasteiger partial charge in [-0.15, -0.1) is 0 Å². The zero-order valence-corrected chi connectivity index (χ0v) is 20.8. The molecule has 0 saturated carbocycles. The molecular formula is C26H31F2N5O2. The summed E-state index contributed by atoms with van der Waals surface area (Å²) in [7, 11) is 0. The van der Waals surface area contributed by atoms with Gasteiger partial charge in [-0.3, -0.25) is 9.78 Å². The first-order chi connectivity index (χ1) is 16.3. The van der Waals surface area contributed by atoms with Crippen molar-refractivity contribution in [1.29, 1.82) is 0 Å². The first-order valence-electron chi connectivity index (χ1n) is 11.5. The van der Waals surface area contributed by atoms with E-state index in [1.807, 2.05) is 13.0 Å². The standard InChI is InChI=1S/C26H31F2N5O2/c1-14(2)24(34)33-23-12-21-17(13-30-23)10-19(16(4)31-21)18-11-22(20(27)9-15(18)3)32-25(35)29-8-7-26(5,6)28/h9-14H,7-8H2,1-6H3,(H2,29,32,35)(H,30,33,34). The molecule has 2 heterocycles. The van der Waals surface area contributed by atoms with Gasteiger partial charge in [0.05, 0.1) is 11.2 Å². The van der Waals surface area contributed by atoms with Crippen molar-refractivity contribution in [3.63, 3.8) is 0 Å². The first kappa shape index (κ1) is 26.0. The number of benzene rings is 1. The van der Waals surface area contributed by atoms with Gasteiger partial charge in [0, 0.05) is 41.4 Å². The minimum absolute atomic E-state index is 0.00646. The lowest BCUT2D eigenvalue weighted by atomic mass is 9.97. The highest BCUT2D eigenvalue weighted by molar-refractivity contribution is 5.94. The molecule has 0 radical (unpaired) electrons. The van der Waals surface area contributed by atoms with Gasteiger partial charge in [-0.05, 0) is 63.4 Å². The van der Waals surface area contributed by atoms with E-state index in [2.05, 4.69) is 25.9 Å². The van der Waals surface area contributed by atoms with E-state index in [1.165, 1.54) is 19.9 Å². The Hall–Kier alpha value is -3.62. The van der Waals surface area contributed by atoms with E-state index in [1.54, 1.807) is 39.1 Å². The summed E-state index contributed by atoms with van der Waals surface area (Å²) in [5.74, 6) is -0.468. The molecule has 0 fully saturated rings. The Bertz CT molecular complexity index is 1270. The second kappa shape index (κ2) is 10.3. The number of rotatable bonds is 7. The van der Waals surface area contributed by atoms with Crippen LogP contribution in [0, 0.1) is 25.6 Å². The number of amides is 3. The quantitative estimate of drug-likeness (QED) is 0.389. The summed E-state index contributed by atoms with van der Waals surface area (Å²) in [6.45, 7) is 10.2. The van der Waals surface area contributed by atoms with Crippen LogP contribution in [0.25, 0.3) is 22.0 Å². The van der Waals surface area contributed by atoms with Gasteiger partial charge in [-0.1, -0.05) is 13.8 Å². The molecule has 0 atom stereocenters. The molecule has 7 nitrogen and oxygen atoms in total. The number of urea groups is 1. The number of nitrogens with zero attached hydrogens (tertiary/aromatic N) is 2. The molecule has 0 aliphatic heterocycles. The summed E-state index contributed by atoms with van der Waals surface area (Å²) in [5.41, 5.74) is 2.09. The lowest BCUT2D eigenvalue weighted by Gasteiger charge is -2.16. The number of nitrogens with one attached hydrogen (secondary N) is 3. The van der Waals surface area contributed by atoms with Crippen LogP contribution in [0.5, 0.6) is 0 Å². The number of fused-ring (bicyclic) bond motifs is 1. The number of hydrogen-bond donors (Lipinski definition) is 3. The second-order valence-corrected chi connectivity index (χ2v) is 9.52. The average Bonchev–Trinajstić information content (AvgIpc) is 2.74. The molecule has 2 aromatic heterocycles. The number of carbonyl (C=O) groups is 2. The Balaban J connectivity index is 1.88. The highest BCUT2D eigenvalue weighted by atomic mass is 19.1. The molecular weight excluding hydrogens is 452 g/mol. The van der Waals surface area contributed by atoms with E-state index in [0.29, 0.717) is 28.2 Å². The second-order valence-electron chi connectivity index (χ2n) is 9.52. The Morgan fingerprint density at radius 2 is 1.77 bits per heavy atom. The fraction of sp³-hybridized carbons (Fsp3) is 0.385. The largest absolute Gasteiger partial charge is 0.338 e. The van der Waals surface area contributed by atoms with Gasteiger partial charge in [-0.25, -0.2) is 18.6 Å². The number of halogens is 2. The number of anilines is 2. The van der Waals surface area contributed by atoms with Crippen LogP contribution in [0.15, 0.2) is 30.5 Å². The summed E-state index contributed by atoms with van der Waals surface area (Å²) in [6.07, 6.45) is 1.76. The number of aromatic nitrogens is 2. The van der Waals surface area contributed by atoms with Crippen LogP contribution in [0.2, 0.25) is 0 Å². The van der Waals surface area contributed by atoms with E-state index in [9.17, 15) is 18.4 Å². The van der Waals surface area contributed by atoms with Crippen LogP contribution in [0.4, 0.5) is 25.1 Å². The lowest BCUT2D eigenvalue weighted by Crippen LogP contribution is -2.32. The Morgan fingerprint density at radius 3 is 2.43 bits per heavy atom. The molecule has 0 unspecified atom stereocenters. The minimum Gasteiger partial charge on any atom is -0.338 e. The maximum absolute atomic E-state index is 14.6. The molecule has 0 aliphatic rings. The van der Waals surface area contributed by atoms with Crippen LogP contribution in [0.1, 0.15) is 45.4 Å². The van der Waals surface area contributed by atoms with Crippen LogP contribution in [-0.4, -0.2) is 34.1 Å². The normalized spacial score (nSPS) is 11.6. The van der Waals surface area contributed by atoms with Gasteiger partial charge >= 0.3 is 6.03 Å². The van der Waals surface area contributed by atoms with E-state index in [4.69, 9.17) is 0 Å². The molecule has 35 heavy (non-hydrogen) atoms. The van der Waals surface area contributed by atoms with E-state index < -0.39 is 17.5 Å². The molecule has 3 aromatic rings. The zero-order chi connectivity index (χ0) is 25.9. The molecule has 3 rings (SSSR count). The van der Waals surface area contributed by atoms with Crippen LogP contribution in [-0.2, 0) is 4.79 Å². The first-order valence-corrected chi connectivity index (χ1v) is 11.5. The fourth-order valence-electron chi connectivity index (χ4n) is 3.47. The van der Waals surface area contributed by atoms with Crippen molar-refractivity contribution in [3.05, 3.63) is 47.5 Å². The van der Waals surface area contributed by atoms with Gasteiger partial charge in [0.15, 0.2) is 0 Å². The topological polar surface area (TPSA) is 96.0 Å². The summed E-state index contributed by atoms with van der Waals surface area (Å²) < 4.78 is 28.2. The van der Waals surface area contributed by atoms with Crippen LogP contribution in [0.3, 0.4) is 0 Å². The summed E-state index contributed by atoms with van der Waals surface area (Å²) in [4.78, 5) is 33.2. The third-order valence-corrected chi connectivity index (χ3v) is 5.52. The molecule has 3 amide bonds. The summed E-state index contributed by atoms with van der Waals surface area (Å²) in [6, 6.07) is 5.90. The number of aryl methyl sites for hydroxylation is 2. The van der Waals surface area contributed by atoms with E-state index >= 15 is 0 Å². The molecule has 0 spiro atoms. The molecule has 9 heteroatoms. The molecule has 186 valence electrons. The number of pyridine rings is 2. The SMILES string of the molecule is Cc1cc(F)c(NC(=O)NCCC(C)(C)F)cc1-c1cc2cnc(NC(=O)C(C)C)cc2nc1C. The maximum Gasteiger partial charge on any atom is 0.319 e. The van der Waals surface area contributed by atoms with Crippen molar-refractivity contribution in [2.24, 2.45) is 5.92 Å². The summed E-state index contributed by atoms with van der Waals surface area (Å²) in [5, 5.41) is 8.56. The van der Waals surface area contributed by atoms with Crippen molar-refractivity contribution in [2.75, 3.05) is 17.2 Å². The van der Waals surface area contributed by atoms with Gasteiger partial charge in [0.25, 0.3) is 0 Å². The zero-order valence-electron chi connectivity index (χ0n) is 20.8. The summed E-state index contributed by atoms with van der Waals surface area (Å²) >= 11 is 0. The number of hydrogen-bond acceptors (Lipinski definition) is 4. The van der Waals surface area contributed by atoms with E-state index in [-0.39, 0.29) is 30.5 Å². The van der Waals surface area contributed by atoms with Gasteiger partial charge in [-0.2, -0.15) is 0 Å². The predicted molar refractivity (Wildman–Crippen MR) is 135 cm³/mol. The molecule has 0 saturated heterocycles. The minimum atomic E-state index is -1.41. The highest BCUT2D eigenvalue weighted by Gasteiger charge is 2.17. The Kier molecular flexibility index (Phi) is 7.67. The molecule has 0 aliphatic carbocycles. The Morgan fingerprint density at radius 1 is 1.06 bits per heavy atom. The van der Waals surface area contributed by atoms with Gasteiger partial charge < -0.3 is 16.0 Å². The fourth-order valence-corrected chi connectivity index (χ4v) is 3.47. The average molecular weight is 484 g/mol. The monoisotopic (exact) mass is 483 g/mol. The van der Waals surface area contributed by atoms with Crippen molar-refractivity contribution < 1.29 is 18.4 Å². The lowest BCUT2D eigenvalue weighted by molar-refractivity contribution is -0.118. The van der Waals surface area contributed by atoms with E-state index in [0.717, 1.165) is 10.9 Å². The highest BCUT2D eigenvalue weighted by Crippen LogP contribution is 2.32. The Labute approximate surface area is 203 Å². The smallest absolute Gasteiger partial charge is 0.319 e. The van der Waals surface area contributed by atoms with Crippen molar-refractivity contribution in [2.45, 2.75) is 53.6 Å². The third-order valence-electron chi connectivity index (χ3n) is 5.52. The van der Waals surface area contributed by atoms with Crippen LogP contribution < -0.4 is 16.0 Å². The van der Waals surface area contributed by atoms with Crippen molar-refractivity contribution in [1.82, 2.24) is 15.3 Å². The third kappa shape index (κ3) is 6.71. The van der Waals surface area contributed by atoms with Gasteiger partial charge in [0.1, 0.15) is 17.3 Å². The van der Waals surface area contributed by atoms with Crippen LogP contribution >= 0.6 is 0 Å². The number of alkyl halides is 1. The molecule has 1 aromatic carbocycles. The van der Waals surface area contributed by atoms with Crippen molar-refractivity contribution in [3.8, 4) is 11.1 Å².